The van der Waals surface area contributed by atoms with E-state index in [4.69, 9.17) is 9.53 Å². The average molecular weight is 148 g/mol. The van der Waals surface area contributed by atoms with Gasteiger partial charge < -0.3 is 9.53 Å². The van der Waals surface area contributed by atoms with Gasteiger partial charge in [-0.3, -0.25) is 0 Å². The van der Waals surface area contributed by atoms with Crippen LogP contribution in [0.2, 0.25) is 19.6 Å². The normalized spacial score (nSPS) is 15.7. The van der Waals surface area contributed by atoms with E-state index in [1.165, 1.54) is 0 Å². The van der Waals surface area contributed by atoms with Crippen molar-refractivity contribution in [2.75, 3.05) is 6.61 Å². The SMILES string of the molecule is CC(CO)O[Si](C)(C)C. The van der Waals surface area contributed by atoms with Gasteiger partial charge in [0.15, 0.2) is 8.32 Å². The molecular weight excluding hydrogens is 132 g/mol. The largest absolute Gasteiger partial charge is 0.413 e. The maximum absolute atomic E-state index is 8.60. The van der Waals surface area contributed by atoms with Crippen LogP contribution >= 0.6 is 0 Å². The molecule has 0 spiro atoms. The molecule has 0 rings (SSSR count). The molecule has 1 atom stereocenters. The minimum Gasteiger partial charge on any atom is -0.413 e. The van der Waals surface area contributed by atoms with Crippen molar-refractivity contribution >= 4 is 8.32 Å². The predicted octanol–water partition coefficient (Wildman–Crippen LogP) is 1.22. The zero-order chi connectivity index (χ0) is 7.49. The van der Waals surface area contributed by atoms with Crippen LogP contribution in [0.4, 0.5) is 0 Å². The van der Waals surface area contributed by atoms with Crippen LogP contribution in [0.25, 0.3) is 0 Å². The molecule has 3 heteroatoms. The summed E-state index contributed by atoms with van der Waals surface area (Å²) in [5.41, 5.74) is 0. The molecule has 0 aliphatic heterocycles. The Morgan fingerprint density at radius 2 is 1.89 bits per heavy atom. The van der Waals surface area contributed by atoms with E-state index in [-0.39, 0.29) is 12.7 Å². The van der Waals surface area contributed by atoms with Gasteiger partial charge in [0, 0.05) is 0 Å². The molecule has 0 saturated heterocycles. The van der Waals surface area contributed by atoms with Gasteiger partial charge in [0.05, 0.1) is 12.7 Å². The summed E-state index contributed by atoms with van der Waals surface area (Å²) in [5.74, 6) is 0. The first-order valence-corrected chi connectivity index (χ1v) is 6.65. The third-order valence-corrected chi connectivity index (χ3v) is 1.92. The lowest BCUT2D eigenvalue weighted by Crippen LogP contribution is -2.32. The molecule has 1 N–H and O–H groups in total. The van der Waals surface area contributed by atoms with Crippen molar-refractivity contribution < 1.29 is 9.53 Å². The molecular formula is C6H16O2Si. The molecule has 0 aromatic carbocycles. The third kappa shape index (κ3) is 6.02. The smallest absolute Gasteiger partial charge is 0.184 e. The molecule has 0 fully saturated rings. The second-order valence-corrected chi connectivity index (χ2v) is 7.68. The highest BCUT2D eigenvalue weighted by atomic mass is 28.4. The number of hydrogen-bond donors (Lipinski definition) is 1. The Hall–Kier alpha value is 0.137. The lowest BCUT2D eigenvalue weighted by atomic mass is 10.5. The molecule has 1 unspecified atom stereocenters. The van der Waals surface area contributed by atoms with E-state index in [1.54, 1.807) is 0 Å². The van der Waals surface area contributed by atoms with Crippen molar-refractivity contribution in [1.82, 2.24) is 0 Å². The monoisotopic (exact) mass is 148 g/mol. The summed E-state index contributed by atoms with van der Waals surface area (Å²) < 4.78 is 5.48. The van der Waals surface area contributed by atoms with E-state index < -0.39 is 8.32 Å². The molecule has 56 valence electrons. The van der Waals surface area contributed by atoms with Gasteiger partial charge in [-0.15, -0.1) is 0 Å². The van der Waals surface area contributed by atoms with Gasteiger partial charge >= 0.3 is 0 Å². The number of hydrogen-bond acceptors (Lipinski definition) is 2. The van der Waals surface area contributed by atoms with Crippen molar-refractivity contribution in [2.24, 2.45) is 0 Å². The summed E-state index contributed by atoms with van der Waals surface area (Å²) in [5, 5.41) is 8.60. The Labute approximate surface area is 58.0 Å². The van der Waals surface area contributed by atoms with Crippen LogP contribution in [-0.2, 0) is 4.43 Å². The quantitative estimate of drug-likeness (QED) is 0.610. The Kier molecular flexibility index (Phi) is 3.39. The van der Waals surface area contributed by atoms with Gasteiger partial charge in [-0.2, -0.15) is 0 Å². The number of rotatable bonds is 3. The Morgan fingerprint density at radius 3 is 2.00 bits per heavy atom. The van der Waals surface area contributed by atoms with Crippen LogP contribution in [0.3, 0.4) is 0 Å². The fourth-order valence-electron chi connectivity index (χ4n) is 0.641. The maximum Gasteiger partial charge on any atom is 0.184 e. The van der Waals surface area contributed by atoms with Crippen molar-refractivity contribution in [1.29, 1.82) is 0 Å². The van der Waals surface area contributed by atoms with Crippen LogP contribution in [0.1, 0.15) is 6.92 Å². The molecule has 2 nitrogen and oxygen atoms in total. The van der Waals surface area contributed by atoms with E-state index >= 15 is 0 Å². The first kappa shape index (κ1) is 9.14. The van der Waals surface area contributed by atoms with E-state index in [9.17, 15) is 0 Å². The van der Waals surface area contributed by atoms with Crippen LogP contribution in [0.15, 0.2) is 0 Å². The minimum absolute atomic E-state index is 0.0108. The molecule has 9 heavy (non-hydrogen) atoms. The summed E-state index contributed by atoms with van der Waals surface area (Å²) in [4.78, 5) is 0. The van der Waals surface area contributed by atoms with Gasteiger partial charge in [-0.25, -0.2) is 0 Å². The van der Waals surface area contributed by atoms with E-state index in [0.29, 0.717) is 0 Å². The fraction of sp³-hybridized carbons (Fsp3) is 1.00. The lowest BCUT2D eigenvalue weighted by Gasteiger charge is -2.21. The van der Waals surface area contributed by atoms with Gasteiger partial charge in [0.1, 0.15) is 0 Å². The molecule has 0 heterocycles. The zero-order valence-electron chi connectivity index (χ0n) is 6.64. The van der Waals surface area contributed by atoms with E-state index in [0.717, 1.165) is 0 Å². The summed E-state index contributed by atoms with van der Waals surface area (Å²) >= 11 is 0. The van der Waals surface area contributed by atoms with Crippen molar-refractivity contribution in [2.45, 2.75) is 32.7 Å². The second-order valence-electron chi connectivity index (χ2n) is 3.22. The molecule has 0 radical (unpaired) electrons. The van der Waals surface area contributed by atoms with Gasteiger partial charge in [0.25, 0.3) is 0 Å². The molecule has 0 aromatic heterocycles. The van der Waals surface area contributed by atoms with Crippen molar-refractivity contribution in [3.63, 3.8) is 0 Å². The first-order valence-electron chi connectivity index (χ1n) is 3.24. The van der Waals surface area contributed by atoms with Gasteiger partial charge in [-0.05, 0) is 26.6 Å². The fourth-order valence-corrected chi connectivity index (χ4v) is 1.92. The maximum atomic E-state index is 8.60. The Bertz CT molecular complexity index is 77.6. The van der Waals surface area contributed by atoms with Crippen LogP contribution in [0, 0.1) is 0 Å². The molecule has 0 amide bonds. The summed E-state index contributed by atoms with van der Waals surface area (Å²) in [6.45, 7) is 8.35. The highest BCUT2D eigenvalue weighted by Crippen LogP contribution is 2.05. The van der Waals surface area contributed by atoms with Gasteiger partial charge in [0.2, 0.25) is 0 Å². The molecule has 0 aliphatic carbocycles. The number of aliphatic hydroxyl groups excluding tert-OH is 1. The standard InChI is InChI=1S/C6H16O2Si/c1-6(5-7)8-9(2,3)4/h6-7H,5H2,1-4H3. The molecule has 0 aromatic rings. The van der Waals surface area contributed by atoms with Crippen LogP contribution in [0.5, 0.6) is 0 Å². The summed E-state index contributed by atoms with van der Waals surface area (Å²) in [6, 6.07) is 0. The van der Waals surface area contributed by atoms with Crippen LogP contribution in [-0.4, -0.2) is 26.1 Å². The Morgan fingerprint density at radius 1 is 1.44 bits per heavy atom. The Balaban J connectivity index is 3.47. The van der Waals surface area contributed by atoms with E-state index in [2.05, 4.69) is 19.6 Å². The first-order chi connectivity index (χ1) is 3.95. The molecule has 0 saturated carbocycles. The highest BCUT2D eigenvalue weighted by molar-refractivity contribution is 6.69. The third-order valence-electron chi connectivity index (χ3n) is 0.812. The van der Waals surface area contributed by atoms with E-state index in [1.807, 2.05) is 6.92 Å². The van der Waals surface area contributed by atoms with Crippen molar-refractivity contribution in [3.05, 3.63) is 0 Å². The second kappa shape index (κ2) is 3.34. The number of aliphatic hydroxyl groups is 1. The minimum atomic E-state index is -1.40. The van der Waals surface area contributed by atoms with Crippen LogP contribution < -0.4 is 0 Å². The topological polar surface area (TPSA) is 29.5 Å². The zero-order valence-corrected chi connectivity index (χ0v) is 7.64. The predicted molar refractivity (Wildman–Crippen MR) is 41.0 cm³/mol. The molecule has 0 bridgehead atoms. The van der Waals surface area contributed by atoms with Crippen molar-refractivity contribution in [3.8, 4) is 0 Å². The molecule has 0 aliphatic rings. The average Bonchev–Trinajstić information content (AvgIpc) is 1.62. The summed E-state index contributed by atoms with van der Waals surface area (Å²) in [7, 11) is -1.40. The summed E-state index contributed by atoms with van der Waals surface area (Å²) in [6.07, 6.45) is 0.0108. The van der Waals surface area contributed by atoms with Gasteiger partial charge in [-0.1, -0.05) is 0 Å². The lowest BCUT2D eigenvalue weighted by molar-refractivity contribution is 0.124. The highest BCUT2D eigenvalue weighted by Gasteiger charge is 2.16.